The number of nitrogens with zero attached hydrogens (tertiary/aromatic N) is 2. The summed E-state index contributed by atoms with van der Waals surface area (Å²) in [5.41, 5.74) is 0. The van der Waals surface area contributed by atoms with Crippen LogP contribution in [0, 0.1) is 0 Å². The maximum Gasteiger partial charge on any atom is 0.284 e. The SMILES string of the molecule is C[C@@H](Sc1nnc(-c2ccco2)o1)C(=O)NC1CCCCCC1. The highest BCUT2D eigenvalue weighted by Crippen LogP contribution is 2.26. The molecule has 3 rings (SSSR count). The molecule has 2 aromatic rings. The van der Waals surface area contributed by atoms with E-state index in [9.17, 15) is 4.79 Å². The van der Waals surface area contributed by atoms with Gasteiger partial charge in [0.25, 0.3) is 11.1 Å². The zero-order valence-corrected chi connectivity index (χ0v) is 14.0. The quantitative estimate of drug-likeness (QED) is 0.663. The van der Waals surface area contributed by atoms with Gasteiger partial charge in [0.2, 0.25) is 5.91 Å². The summed E-state index contributed by atoms with van der Waals surface area (Å²) in [6, 6.07) is 3.81. The normalized spacial score (nSPS) is 17.6. The van der Waals surface area contributed by atoms with E-state index in [0.717, 1.165) is 12.8 Å². The minimum Gasteiger partial charge on any atom is -0.459 e. The molecule has 0 unspecified atom stereocenters. The van der Waals surface area contributed by atoms with Gasteiger partial charge in [0.1, 0.15) is 0 Å². The van der Waals surface area contributed by atoms with Crippen molar-refractivity contribution in [2.45, 2.75) is 62.0 Å². The molecule has 6 nitrogen and oxygen atoms in total. The Hall–Kier alpha value is -1.76. The molecule has 1 aliphatic carbocycles. The number of hydrogen-bond donors (Lipinski definition) is 1. The van der Waals surface area contributed by atoms with E-state index in [4.69, 9.17) is 8.83 Å². The second kappa shape index (κ2) is 7.68. The first-order valence-electron chi connectivity index (χ1n) is 8.07. The van der Waals surface area contributed by atoms with E-state index in [0.29, 0.717) is 22.9 Å². The topological polar surface area (TPSA) is 81.2 Å². The van der Waals surface area contributed by atoms with Gasteiger partial charge in [-0.25, -0.2) is 0 Å². The van der Waals surface area contributed by atoms with Gasteiger partial charge in [-0.2, -0.15) is 0 Å². The van der Waals surface area contributed by atoms with Crippen LogP contribution >= 0.6 is 11.8 Å². The Bertz CT molecular complexity index is 618. The Morgan fingerprint density at radius 1 is 1.30 bits per heavy atom. The number of carbonyl (C=O) groups is 1. The Balaban J connectivity index is 1.53. The lowest BCUT2D eigenvalue weighted by molar-refractivity contribution is -0.121. The van der Waals surface area contributed by atoms with Crippen LogP contribution in [0.25, 0.3) is 11.7 Å². The lowest BCUT2D eigenvalue weighted by Gasteiger charge is -2.18. The average Bonchev–Trinajstić information content (AvgIpc) is 3.16. The summed E-state index contributed by atoms with van der Waals surface area (Å²) in [5.74, 6) is 0.883. The average molecular weight is 335 g/mol. The third-order valence-electron chi connectivity index (χ3n) is 3.99. The summed E-state index contributed by atoms with van der Waals surface area (Å²) in [5, 5.41) is 11.1. The van der Waals surface area contributed by atoms with E-state index in [1.165, 1.54) is 37.4 Å². The van der Waals surface area contributed by atoms with Gasteiger partial charge in [0, 0.05) is 6.04 Å². The fourth-order valence-electron chi connectivity index (χ4n) is 2.70. The molecule has 1 atom stereocenters. The molecule has 1 saturated carbocycles. The van der Waals surface area contributed by atoms with Crippen LogP contribution in [0.5, 0.6) is 0 Å². The van der Waals surface area contributed by atoms with Gasteiger partial charge in [-0.1, -0.05) is 37.4 Å². The van der Waals surface area contributed by atoms with E-state index in [-0.39, 0.29) is 11.2 Å². The molecule has 0 aliphatic heterocycles. The molecule has 1 fully saturated rings. The maximum absolute atomic E-state index is 12.3. The van der Waals surface area contributed by atoms with Gasteiger partial charge in [-0.15, -0.1) is 10.2 Å². The van der Waals surface area contributed by atoms with Crippen molar-refractivity contribution >= 4 is 17.7 Å². The number of carbonyl (C=O) groups excluding carboxylic acids is 1. The van der Waals surface area contributed by atoms with Crippen LogP contribution in [0.2, 0.25) is 0 Å². The molecule has 23 heavy (non-hydrogen) atoms. The molecule has 1 amide bonds. The lowest BCUT2D eigenvalue weighted by atomic mass is 10.1. The van der Waals surface area contributed by atoms with Crippen molar-refractivity contribution in [1.29, 1.82) is 0 Å². The molecular formula is C16H21N3O3S. The van der Waals surface area contributed by atoms with Crippen LogP contribution in [0.4, 0.5) is 0 Å². The van der Waals surface area contributed by atoms with Crippen LogP contribution < -0.4 is 5.32 Å². The molecule has 0 saturated heterocycles. The maximum atomic E-state index is 12.3. The Labute approximate surface area is 139 Å². The van der Waals surface area contributed by atoms with Crippen molar-refractivity contribution in [1.82, 2.24) is 15.5 Å². The summed E-state index contributed by atoms with van der Waals surface area (Å²) in [4.78, 5) is 12.3. The first-order valence-corrected chi connectivity index (χ1v) is 8.95. The first-order chi connectivity index (χ1) is 11.2. The summed E-state index contributed by atoms with van der Waals surface area (Å²) in [6.45, 7) is 1.85. The predicted molar refractivity (Wildman–Crippen MR) is 87.0 cm³/mol. The zero-order valence-electron chi connectivity index (χ0n) is 13.2. The van der Waals surface area contributed by atoms with Crippen molar-refractivity contribution in [2.24, 2.45) is 0 Å². The summed E-state index contributed by atoms with van der Waals surface area (Å²) in [7, 11) is 0. The second-order valence-electron chi connectivity index (χ2n) is 5.81. The zero-order chi connectivity index (χ0) is 16.1. The van der Waals surface area contributed by atoms with Gasteiger partial charge in [-0.3, -0.25) is 4.79 Å². The molecule has 1 aliphatic rings. The monoisotopic (exact) mass is 335 g/mol. The molecule has 7 heteroatoms. The molecule has 0 spiro atoms. The second-order valence-corrected chi connectivity index (χ2v) is 7.10. The van der Waals surface area contributed by atoms with Crippen molar-refractivity contribution in [2.75, 3.05) is 0 Å². The molecule has 124 valence electrons. The predicted octanol–water partition coefficient (Wildman–Crippen LogP) is 3.65. The lowest BCUT2D eigenvalue weighted by Crippen LogP contribution is -2.39. The number of rotatable bonds is 5. The number of aromatic nitrogens is 2. The fraction of sp³-hybridized carbons (Fsp3) is 0.562. The van der Waals surface area contributed by atoms with Crippen molar-refractivity contribution < 1.29 is 13.6 Å². The molecule has 2 heterocycles. The molecule has 1 N–H and O–H groups in total. The van der Waals surface area contributed by atoms with Crippen molar-refractivity contribution in [3.8, 4) is 11.7 Å². The van der Waals surface area contributed by atoms with E-state index in [1.54, 1.807) is 18.4 Å². The van der Waals surface area contributed by atoms with Crippen LogP contribution in [-0.4, -0.2) is 27.4 Å². The van der Waals surface area contributed by atoms with E-state index >= 15 is 0 Å². The number of thioether (sulfide) groups is 1. The molecule has 0 aromatic carbocycles. The molecule has 0 bridgehead atoms. The van der Waals surface area contributed by atoms with Crippen LogP contribution in [-0.2, 0) is 4.79 Å². The largest absolute Gasteiger partial charge is 0.459 e. The molecule has 0 radical (unpaired) electrons. The van der Waals surface area contributed by atoms with Gasteiger partial charge < -0.3 is 14.2 Å². The van der Waals surface area contributed by atoms with Gasteiger partial charge in [0.05, 0.1) is 11.5 Å². The number of furan rings is 1. The van der Waals surface area contributed by atoms with E-state index in [1.807, 2.05) is 6.92 Å². The number of amides is 1. The third kappa shape index (κ3) is 4.37. The van der Waals surface area contributed by atoms with Gasteiger partial charge >= 0.3 is 0 Å². The fourth-order valence-corrected chi connectivity index (χ4v) is 3.40. The Kier molecular flexibility index (Phi) is 5.38. The van der Waals surface area contributed by atoms with E-state index < -0.39 is 0 Å². The van der Waals surface area contributed by atoms with Gasteiger partial charge in [-0.05, 0) is 31.9 Å². The van der Waals surface area contributed by atoms with Crippen molar-refractivity contribution in [3.05, 3.63) is 18.4 Å². The number of hydrogen-bond acceptors (Lipinski definition) is 6. The molecular weight excluding hydrogens is 314 g/mol. The Morgan fingerprint density at radius 2 is 2.09 bits per heavy atom. The van der Waals surface area contributed by atoms with E-state index in [2.05, 4.69) is 15.5 Å². The third-order valence-corrected chi connectivity index (χ3v) is 4.92. The summed E-state index contributed by atoms with van der Waals surface area (Å²) < 4.78 is 10.7. The highest BCUT2D eigenvalue weighted by atomic mass is 32.2. The number of nitrogens with one attached hydrogen (secondary N) is 1. The minimum atomic E-state index is -0.275. The van der Waals surface area contributed by atoms with Crippen LogP contribution in [0.15, 0.2) is 32.5 Å². The highest BCUT2D eigenvalue weighted by molar-refractivity contribution is 8.00. The first kappa shape index (κ1) is 16.1. The summed E-state index contributed by atoms with van der Waals surface area (Å²) >= 11 is 1.27. The smallest absolute Gasteiger partial charge is 0.284 e. The molecule has 2 aromatic heterocycles. The summed E-state index contributed by atoms with van der Waals surface area (Å²) in [6.07, 6.45) is 8.64. The van der Waals surface area contributed by atoms with Gasteiger partial charge in [0.15, 0.2) is 5.76 Å². The minimum absolute atomic E-state index is 0.0275. The van der Waals surface area contributed by atoms with Crippen molar-refractivity contribution in [3.63, 3.8) is 0 Å². The highest BCUT2D eigenvalue weighted by Gasteiger charge is 2.22. The Morgan fingerprint density at radius 3 is 2.78 bits per heavy atom. The standard InChI is InChI=1S/C16H21N3O3S/c1-11(14(20)17-12-7-4-2-3-5-8-12)23-16-19-18-15(22-16)13-9-6-10-21-13/h6,9-12H,2-5,7-8H2,1H3,(H,17,20)/t11-/m1/s1. The van der Waals surface area contributed by atoms with Crippen LogP contribution in [0.3, 0.4) is 0 Å². The van der Waals surface area contributed by atoms with Crippen LogP contribution in [0.1, 0.15) is 45.4 Å².